The summed E-state index contributed by atoms with van der Waals surface area (Å²) in [5, 5.41) is 43.5. The highest BCUT2D eigenvalue weighted by Crippen LogP contribution is 2.02. The smallest absolute Gasteiger partial charge is 0.151 e. The Labute approximate surface area is 68.7 Å². The highest BCUT2D eigenvalue weighted by molar-refractivity contribution is 5.56. The van der Waals surface area contributed by atoms with Crippen LogP contribution in [0.1, 0.15) is 0 Å². The van der Waals surface area contributed by atoms with Gasteiger partial charge in [-0.2, -0.15) is 0 Å². The van der Waals surface area contributed by atoms with Crippen LogP contribution in [0.25, 0.3) is 0 Å². The summed E-state index contributed by atoms with van der Waals surface area (Å²) in [7, 11) is 0. The molecule has 0 heterocycles. The van der Waals surface area contributed by atoms with E-state index in [0.717, 1.165) is 0 Å². The highest BCUT2D eigenvalue weighted by atomic mass is 16.4. The van der Waals surface area contributed by atoms with Crippen molar-refractivity contribution in [3.8, 4) is 0 Å². The zero-order chi connectivity index (χ0) is 9.72. The molecule has 0 aromatic heterocycles. The maximum Gasteiger partial charge on any atom is 0.151 e. The van der Waals surface area contributed by atoms with Gasteiger partial charge in [-0.15, -0.1) is 0 Å². The Kier molecular flexibility index (Phi) is 4.95. The summed E-state index contributed by atoms with van der Waals surface area (Å²) in [6, 6.07) is 0. The van der Waals surface area contributed by atoms with Crippen LogP contribution in [-0.4, -0.2) is 62.8 Å². The van der Waals surface area contributed by atoms with Gasteiger partial charge in [-0.1, -0.05) is 0 Å². The molecule has 0 aromatic rings. The average Bonchev–Trinajstić information content (AvgIpc) is 2.12. The van der Waals surface area contributed by atoms with Gasteiger partial charge in [-0.05, 0) is 0 Å². The Morgan fingerprint density at radius 3 is 1.92 bits per heavy atom. The third-order valence-electron chi connectivity index (χ3n) is 1.42. The van der Waals surface area contributed by atoms with Crippen LogP contribution in [0.4, 0.5) is 0 Å². The van der Waals surface area contributed by atoms with Crippen molar-refractivity contribution in [3.63, 3.8) is 0 Å². The molecule has 0 aliphatic heterocycles. The van der Waals surface area contributed by atoms with Gasteiger partial charge in [-0.3, -0.25) is 0 Å². The first-order chi connectivity index (χ1) is 5.54. The van der Waals surface area contributed by atoms with Crippen LogP contribution in [0, 0.1) is 0 Å². The monoisotopic (exact) mass is 181 g/mol. The first kappa shape index (κ1) is 11.5. The lowest BCUT2D eigenvalue weighted by molar-refractivity contribution is -0.136. The number of aliphatic hydroxyl groups is 5. The summed E-state index contributed by atoms with van der Waals surface area (Å²) in [4.78, 5) is 9.90. The zero-order valence-corrected chi connectivity index (χ0v) is 6.24. The lowest BCUT2D eigenvalue weighted by Crippen LogP contribution is -2.46. The summed E-state index contributed by atoms with van der Waals surface area (Å²) in [5.74, 6) is 0. The van der Waals surface area contributed by atoms with Crippen molar-refractivity contribution >= 4 is 6.29 Å². The molecule has 4 atom stereocenters. The van der Waals surface area contributed by atoms with E-state index in [0.29, 0.717) is 0 Å². The highest BCUT2D eigenvalue weighted by Gasteiger charge is 2.29. The molecule has 0 saturated carbocycles. The summed E-state index contributed by atoms with van der Waals surface area (Å²) in [6.07, 6.45) is -6.84. The molecule has 72 valence electrons. The lowest BCUT2D eigenvalue weighted by atomic mass is 10.1. The molecule has 0 amide bonds. The molecule has 0 unspecified atom stereocenters. The van der Waals surface area contributed by atoms with Gasteiger partial charge in [0.15, 0.2) is 6.29 Å². The zero-order valence-electron chi connectivity index (χ0n) is 6.24. The molecule has 0 spiro atoms. The van der Waals surface area contributed by atoms with Crippen molar-refractivity contribution in [3.05, 3.63) is 0 Å². The van der Waals surface area contributed by atoms with E-state index < -0.39 is 31.0 Å². The molecule has 0 aliphatic carbocycles. The Morgan fingerprint density at radius 2 is 1.58 bits per heavy atom. The summed E-state index contributed by atoms with van der Waals surface area (Å²) >= 11 is 0. The fourth-order valence-electron chi connectivity index (χ4n) is 0.618. The number of hydrogen-bond donors (Lipinski definition) is 5. The fourth-order valence-corrected chi connectivity index (χ4v) is 0.618. The van der Waals surface area contributed by atoms with E-state index in [1.165, 1.54) is 0 Å². The molecule has 0 fully saturated rings. The maximum atomic E-state index is 9.90. The first-order valence-corrected chi connectivity index (χ1v) is 3.33. The maximum absolute atomic E-state index is 9.90. The minimum absolute atomic E-state index is 0.0258. The molecule has 0 radical (unpaired) electrons. The van der Waals surface area contributed by atoms with E-state index in [1.807, 2.05) is 0 Å². The molecule has 0 saturated heterocycles. The summed E-state index contributed by atoms with van der Waals surface area (Å²) < 4.78 is 0. The van der Waals surface area contributed by atoms with Crippen LogP contribution in [0.5, 0.6) is 0 Å². The fraction of sp³-hybridized carbons (Fsp3) is 0.833. The van der Waals surface area contributed by atoms with Crippen molar-refractivity contribution in [2.75, 3.05) is 6.61 Å². The van der Waals surface area contributed by atoms with Crippen LogP contribution in [0.15, 0.2) is 0 Å². The third kappa shape index (κ3) is 2.84. The van der Waals surface area contributed by atoms with Gasteiger partial charge in [0.05, 0.1) is 6.61 Å². The molecule has 12 heavy (non-hydrogen) atoms. The second-order valence-corrected chi connectivity index (χ2v) is 2.36. The molecule has 0 bridgehead atoms. The van der Waals surface area contributed by atoms with Gasteiger partial charge in [0.1, 0.15) is 24.4 Å². The predicted octanol–water partition coefficient (Wildman–Crippen LogP) is -3.38. The van der Waals surface area contributed by atoms with Gasteiger partial charge in [0.25, 0.3) is 0 Å². The molecule has 6 heteroatoms. The van der Waals surface area contributed by atoms with Crippen LogP contribution >= 0.6 is 0 Å². The summed E-state index contributed by atoms with van der Waals surface area (Å²) in [5.41, 5.74) is 0. The molecule has 0 aliphatic rings. The van der Waals surface area contributed by atoms with Gasteiger partial charge >= 0.3 is 0 Å². The van der Waals surface area contributed by atoms with Crippen LogP contribution < -0.4 is 0 Å². The van der Waals surface area contributed by atoms with E-state index in [9.17, 15) is 4.79 Å². The van der Waals surface area contributed by atoms with Crippen molar-refractivity contribution in [1.82, 2.24) is 0 Å². The lowest BCUT2D eigenvalue weighted by Gasteiger charge is -2.22. The van der Waals surface area contributed by atoms with Crippen molar-refractivity contribution in [2.45, 2.75) is 24.4 Å². The van der Waals surface area contributed by atoms with Crippen molar-refractivity contribution in [2.24, 2.45) is 0 Å². The number of hydrogen-bond acceptors (Lipinski definition) is 6. The Bertz CT molecular complexity index is 138. The van der Waals surface area contributed by atoms with Crippen molar-refractivity contribution in [1.29, 1.82) is 0 Å². The molecular formula is C6H12O6. The van der Waals surface area contributed by atoms with E-state index >= 15 is 0 Å². The van der Waals surface area contributed by atoms with E-state index in [-0.39, 0.29) is 6.29 Å². The largest absolute Gasteiger partial charge is 0.394 e. The number of aldehydes is 1. The minimum Gasteiger partial charge on any atom is -0.394 e. The second-order valence-electron chi connectivity index (χ2n) is 2.36. The molecule has 5 N–H and O–H groups in total. The molecule has 0 rings (SSSR count). The predicted molar refractivity (Wildman–Crippen MR) is 37.2 cm³/mol. The molecule has 0 aromatic carbocycles. The van der Waals surface area contributed by atoms with E-state index in [2.05, 4.69) is 0 Å². The number of aliphatic hydroxyl groups excluding tert-OH is 5. The normalized spacial score (nSPS) is 21.1. The molecule has 6 nitrogen and oxygen atoms in total. The van der Waals surface area contributed by atoms with Crippen LogP contribution in [0.3, 0.4) is 0 Å². The van der Waals surface area contributed by atoms with Crippen molar-refractivity contribution < 1.29 is 30.3 Å². The number of carbonyl (C=O) groups excluding carboxylic acids is 1. The topological polar surface area (TPSA) is 118 Å². The van der Waals surface area contributed by atoms with Gasteiger partial charge in [-0.25, -0.2) is 0 Å². The van der Waals surface area contributed by atoms with Gasteiger partial charge in [0.2, 0.25) is 0 Å². The average molecular weight is 181 g/mol. The van der Waals surface area contributed by atoms with Crippen LogP contribution in [0.2, 0.25) is 0 Å². The number of rotatable bonds is 5. The number of carbonyl (C=O) groups is 1. The van der Waals surface area contributed by atoms with E-state index in [1.54, 1.807) is 0 Å². The quantitative estimate of drug-likeness (QED) is 0.223. The minimum atomic E-state index is -1.79. The second kappa shape index (κ2) is 5.18. The molecular weight excluding hydrogens is 169 g/mol. The standard InChI is InChI=1S/C6H12O6/c7-1-3(9)5(11)6(12)4(10)2-8/h1,3-6,8-12H,2H2/t3-,4-,5+,6+/m0/s1/i3+1. The van der Waals surface area contributed by atoms with Gasteiger partial charge < -0.3 is 30.3 Å². The Morgan fingerprint density at radius 1 is 1.08 bits per heavy atom. The van der Waals surface area contributed by atoms with Gasteiger partial charge in [0, 0.05) is 0 Å². The van der Waals surface area contributed by atoms with Crippen LogP contribution in [-0.2, 0) is 4.79 Å². The Balaban J connectivity index is 4.07. The third-order valence-corrected chi connectivity index (χ3v) is 1.42. The first-order valence-electron chi connectivity index (χ1n) is 3.33. The Hall–Kier alpha value is -0.530. The summed E-state index contributed by atoms with van der Waals surface area (Å²) in [6.45, 7) is -0.760. The van der Waals surface area contributed by atoms with E-state index in [4.69, 9.17) is 25.5 Å². The SMILES string of the molecule is O=C[13C@H](O)[C@@H](O)[C@H](O)[C@@H](O)CO.